The normalized spacial score (nSPS) is 20.9. The van der Waals surface area contributed by atoms with Gasteiger partial charge in [-0.15, -0.1) is 0 Å². The number of hydrogen-bond donors (Lipinski definition) is 0. The maximum Gasteiger partial charge on any atom is 0.150 e. The van der Waals surface area contributed by atoms with Crippen LogP contribution in [0.2, 0.25) is 0 Å². The van der Waals surface area contributed by atoms with Crippen molar-refractivity contribution >= 4 is 6.29 Å². The van der Waals surface area contributed by atoms with Gasteiger partial charge in [-0.05, 0) is 30.9 Å². The van der Waals surface area contributed by atoms with E-state index in [0.29, 0.717) is 0 Å². The first kappa shape index (κ1) is 14.1. The first-order valence-corrected chi connectivity index (χ1v) is 6.91. The monoisotopic (exact) mass is 260 g/mol. The van der Waals surface area contributed by atoms with Crippen LogP contribution in [0.25, 0.3) is 0 Å². The zero-order valence-electron chi connectivity index (χ0n) is 13.0. The van der Waals surface area contributed by atoms with Crippen molar-refractivity contribution in [2.24, 2.45) is 0 Å². The summed E-state index contributed by atoms with van der Waals surface area (Å²) in [5, 5.41) is 0. The lowest BCUT2D eigenvalue weighted by Gasteiger charge is -2.25. The summed E-state index contributed by atoms with van der Waals surface area (Å²) in [7, 11) is 0. The van der Waals surface area contributed by atoms with Crippen molar-refractivity contribution in [2.45, 2.75) is 65.4 Å². The Morgan fingerprint density at radius 1 is 1.32 bits per heavy atom. The molecule has 0 fully saturated rings. The molecule has 1 atom stereocenters. The van der Waals surface area contributed by atoms with Crippen molar-refractivity contribution < 1.29 is 9.53 Å². The van der Waals surface area contributed by atoms with Crippen LogP contribution in [0.15, 0.2) is 6.07 Å². The molecule has 0 radical (unpaired) electrons. The Kier molecular flexibility index (Phi) is 3.04. The lowest BCUT2D eigenvalue weighted by atomic mass is 9.75. The van der Waals surface area contributed by atoms with Gasteiger partial charge in [-0.25, -0.2) is 0 Å². The molecule has 19 heavy (non-hydrogen) atoms. The molecule has 1 aliphatic rings. The van der Waals surface area contributed by atoms with Gasteiger partial charge >= 0.3 is 0 Å². The summed E-state index contributed by atoms with van der Waals surface area (Å²) in [6, 6.07) is 2.00. The highest BCUT2D eigenvalue weighted by Gasteiger charge is 2.43. The first-order valence-electron chi connectivity index (χ1n) is 6.91. The van der Waals surface area contributed by atoms with Gasteiger partial charge < -0.3 is 4.74 Å². The maximum atomic E-state index is 11.4. The Balaban J connectivity index is 2.84. The molecule has 2 heteroatoms. The second-order valence-corrected chi connectivity index (χ2v) is 7.19. The molecule has 0 saturated heterocycles. The fraction of sp³-hybridized carbons (Fsp3) is 0.588. The summed E-state index contributed by atoms with van der Waals surface area (Å²) in [5.41, 5.74) is 4.10. The highest BCUT2D eigenvalue weighted by molar-refractivity contribution is 5.80. The molecule has 0 bridgehead atoms. The first-order chi connectivity index (χ1) is 8.60. The van der Waals surface area contributed by atoms with Crippen LogP contribution in [-0.2, 0) is 10.8 Å². The van der Waals surface area contributed by atoms with Crippen LogP contribution in [0.3, 0.4) is 0 Å². The molecular weight excluding hydrogens is 236 g/mol. The topological polar surface area (TPSA) is 26.3 Å². The summed E-state index contributed by atoms with van der Waals surface area (Å²) in [4.78, 5) is 11.4. The lowest BCUT2D eigenvalue weighted by Crippen LogP contribution is -2.29. The fourth-order valence-corrected chi connectivity index (χ4v) is 2.88. The van der Waals surface area contributed by atoms with E-state index in [1.807, 2.05) is 13.0 Å². The predicted octanol–water partition coefficient (Wildman–Crippen LogP) is 4.16. The van der Waals surface area contributed by atoms with Crippen molar-refractivity contribution in [3.63, 3.8) is 0 Å². The van der Waals surface area contributed by atoms with Gasteiger partial charge in [-0.3, -0.25) is 4.79 Å². The number of benzene rings is 1. The van der Waals surface area contributed by atoms with E-state index in [1.165, 1.54) is 5.56 Å². The largest absolute Gasteiger partial charge is 0.489 e. The minimum absolute atomic E-state index is 0.0321. The molecule has 0 N–H and O–H groups in total. The molecule has 0 aromatic heterocycles. The van der Waals surface area contributed by atoms with Gasteiger partial charge in [0.15, 0.2) is 0 Å². The second kappa shape index (κ2) is 4.09. The molecule has 1 aromatic rings. The highest BCUT2D eigenvalue weighted by atomic mass is 16.5. The summed E-state index contributed by atoms with van der Waals surface area (Å²) in [6.07, 6.45) is 1.09. The van der Waals surface area contributed by atoms with E-state index in [4.69, 9.17) is 4.74 Å². The van der Waals surface area contributed by atoms with E-state index in [0.717, 1.165) is 28.7 Å². The smallest absolute Gasteiger partial charge is 0.150 e. The van der Waals surface area contributed by atoms with Gasteiger partial charge in [0.2, 0.25) is 0 Å². The van der Waals surface area contributed by atoms with Crippen molar-refractivity contribution in [3.05, 3.63) is 28.3 Å². The van der Waals surface area contributed by atoms with Crippen LogP contribution in [0.5, 0.6) is 5.75 Å². The van der Waals surface area contributed by atoms with Crippen LogP contribution in [0, 0.1) is 6.92 Å². The van der Waals surface area contributed by atoms with Gasteiger partial charge in [-0.1, -0.05) is 34.6 Å². The number of fused-ring (bicyclic) bond motifs is 1. The standard InChI is InChI=1S/C17H24O2/c1-10-12(9-18)8-13(16(3,4)5)15-14(10)17(6,7)11(2)19-15/h8-9,11H,1-7H3. The Hall–Kier alpha value is -1.31. The molecule has 1 aliphatic heterocycles. The van der Waals surface area contributed by atoms with Crippen molar-refractivity contribution in [1.29, 1.82) is 0 Å². The molecule has 104 valence electrons. The minimum Gasteiger partial charge on any atom is -0.489 e. The number of carbonyl (C=O) groups is 1. The van der Waals surface area contributed by atoms with Crippen LogP contribution >= 0.6 is 0 Å². The van der Waals surface area contributed by atoms with E-state index < -0.39 is 0 Å². The number of ether oxygens (including phenoxy) is 1. The van der Waals surface area contributed by atoms with Crippen molar-refractivity contribution in [1.82, 2.24) is 0 Å². The van der Waals surface area contributed by atoms with Gasteiger partial charge in [0.1, 0.15) is 18.1 Å². The molecule has 1 heterocycles. The van der Waals surface area contributed by atoms with Gasteiger partial charge in [0, 0.05) is 22.1 Å². The summed E-state index contributed by atoms with van der Waals surface area (Å²) in [5.74, 6) is 0.994. The summed E-state index contributed by atoms with van der Waals surface area (Å²) >= 11 is 0. The zero-order valence-corrected chi connectivity index (χ0v) is 13.0. The third kappa shape index (κ3) is 1.98. The molecule has 2 nitrogen and oxygen atoms in total. The van der Waals surface area contributed by atoms with Crippen molar-refractivity contribution in [3.8, 4) is 5.75 Å². The Morgan fingerprint density at radius 3 is 2.37 bits per heavy atom. The van der Waals surface area contributed by atoms with Crippen LogP contribution < -0.4 is 4.74 Å². The van der Waals surface area contributed by atoms with Crippen LogP contribution in [0.1, 0.15) is 68.6 Å². The third-order valence-electron chi connectivity index (χ3n) is 4.47. The van der Waals surface area contributed by atoms with Gasteiger partial charge in [-0.2, -0.15) is 0 Å². The van der Waals surface area contributed by atoms with Crippen LogP contribution in [0.4, 0.5) is 0 Å². The number of aldehydes is 1. The van der Waals surface area contributed by atoms with Crippen molar-refractivity contribution in [2.75, 3.05) is 0 Å². The number of rotatable bonds is 1. The Morgan fingerprint density at radius 2 is 1.89 bits per heavy atom. The minimum atomic E-state index is -0.0571. The summed E-state index contributed by atoms with van der Waals surface area (Å²) < 4.78 is 6.14. The van der Waals surface area contributed by atoms with E-state index in [9.17, 15) is 4.79 Å². The lowest BCUT2D eigenvalue weighted by molar-refractivity contribution is 0.112. The second-order valence-electron chi connectivity index (χ2n) is 7.19. The van der Waals surface area contributed by atoms with Gasteiger partial charge in [0.25, 0.3) is 0 Å². The molecule has 0 aliphatic carbocycles. The predicted molar refractivity (Wildman–Crippen MR) is 78.4 cm³/mol. The van der Waals surface area contributed by atoms with E-state index in [-0.39, 0.29) is 16.9 Å². The molecule has 1 aromatic carbocycles. The molecular formula is C17H24O2. The van der Waals surface area contributed by atoms with Gasteiger partial charge in [0.05, 0.1) is 0 Å². The molecule has 0 saturated carbocycles. The Labute approximate surface area is 116 Å². The summed E-state index contributed by atoms with van der Waals surface area (Å²) in [6.45, 7) is 15.0. The quantitative estimate of drug-likeness (QED) is 0.709. The molecule has 0 spiro atoms. The van der Waals surface area contributed by atoms with Crippen LogP contribution in [-0.4, -0.2) is 12.4 Å². The number of carbonyl (C=O) groups excluding carboxylic acids is 1. The highest BCUT2D eigenvalue weighted by Crippen LogP contribution is 2.49. The van der Waals surface area contributed by atoms with E-state index >= 15 is 0 Å². The fourth-order valence-electron chi connectivity index (χ4n) is 2.88. The average molecular weight is 260 g/mol. The molecule has 0 amide bonds. The van der Waals surface area contributed by atoms with E-state index in [2.05, 4.69) is 41.5 Å². The maximum absolute atomic E-state index is 11.4. The molecule has 1 unspecified atom stereocenters. The van der Waals surface area contributed by atoms with E-state index in [1.54, 1.807) is 0 Å². The number of hydrogen-bond acceptors (Lipinski definition) is 2. The SMILES string of the molecule is Cc1c(C=O)cc(C(C)(C)C)c2c1C(C)(C)C(C)O2. The zero-order chi connectivity index (χ0) is 14.6. The third-order valence-corrected chi connectivity index (χ3v) is 4.47. The Bertz CT molecular complexity index is 533. The average Bonchev–Trinajstić information content (AvgIpc) is 2.49. The molecule has 2 rings (SSSR count).